The molecule has 1 fully saturated rings. The first-order chi connectivity index (χ1) is 6.87. The lowest BCUT2D eigenvalue weighted by Crippen LogP contribution is -2.43. The number of carbonyl (C=O) groups excluding carboxylic acids is 1. The fraction of sp³-hybridized carbons (Fsp3) is 0.909. The van der Waals surface area contributed by atoms with Crippen LogP contribution in [0.5, 0.6) is 0 Å². The normalized spacial score (nSPS) is 26.2. The minimum absolute atomic E-state index is 0.318. The Morgan fingerprint density at radius 3 is 2.27 bits per heavy atom. The van der Waals surface area contributed by atoms with Gasteiger partial charge in [0.05, 0.1) is 0 Å². The Kier molecular flexibility index (Phi) is 6.52. The highest BCUT2D eigenvalue weighted by Gasteiger charge is 2.15. The van der Waals surface area contributed by atoms with E-state index in [1.807, 2.05) is 20.8 Å². The SMILES string of the molecule is CC(C)(C)OC=O.CC1CNCCC1N. The van der Waals surface area contributed by atoms with E-state index >= 15 is 0 Å². The summed E-state index contributed by atoms with van der Waals surface area (Å²) < 4.78 is 4.55. The van der Waals surface area contributed by atoms with Gasteiger partial charge in [-0.3, -0.25) is 4.79 Å². The van der Waals surface area contributed by atoms with Gasteiger partial charge in [-0.25, -0.2) is 0 Å². The van der Waals surface area contributed by atoms with Crippen LogP contribution >= 0.6 is 0 Å². The molecule has 0 spiro atoms. The van der Waals surface area contributed by atoms with Crippen LogP contribution in [0.25, 0.3) is 0 Å². The van der Waals surface area contributed by atoms with Crippen LogP contribution in [0.3, 0.4) is 0 Å². The molecule has 0 bridgehead atoms. The summed E-state index contributed by atoms with van der Waals surface area (Å²) in [4.78, 5) is 9.60. The lowest BCUT2D eigenvalue weighted by Gasteiger charge is -2.25. The molecule has 0 radical (unpaired) electrons. The van der Waals surface area contributed by atoms with E-state index in [2.05, 4.69) is 17.0 Å². The van der Waals surface area contributed by atoms with E-state index in [4.69, 9.17) is 5.73 Å². The first-order valence-corrected chi connectivity index (χ1v) is 5.44. The third-order valence-corrected chi connectivity index (χ3v) is 2.25. The summed E-state index contributed by atoms with van der Waals surface area (Å²) in [5, 5.41) is 3.28. The van der Waals surface area contributed by atoms with Crippen molar-refractivity contribution in [3.05, 3.63) is 0 Å². The molecule has 4 heteroatoms. The van der Waals surface area contributed by atoms with Crippen LogP contribution in [0.15, 0.2) is 0 Å². The van der Waals surface area contributed by atoms with Crippen molar-refractivity contribution in [2.45, 2.75) is 45.8 Å². The second-order valence-electron chi connectivity index (χ2n) is 4.96. The zero-order chi connectivity index (χ0) is 11.9. The molecule has 0 aromatic carbocycles. The minimum atomic E-state index is -0.318. The van der Waals surface area contributed by atoms with E-state index in [9.17, 15) is 4.79 Å². The molecule has 0 amide bonds. The summed E-state index contributed by atoms with van der Waals surface area (Å²) in [6, 6.07) is 0.441. The van der Waals surface area contributed by atoms with Gasteiger partial charge in [0.2, 0.25) is 0 Å². The number of hydrogen-bond donors (Lipinski definition) is 2. The van der Waals surface area contributed by atoms with Crippen molar-refractivity contribution in [1.29, 1.82) is 0 Å². The highest BCUT2D eigenvalue weighted by molar-refractivity contribution is 5.37. The molecular weight excluding hydrogens is 192 g/mol. The van der Waals surface area contributed by atoms with E-state index in [0.29, 0.717) is 18.4 Å². The van der Waals surface area contributed by atoms with Gasteiger partial charge in [-0.2, -0.15) is 0 Å². The van der Waals surface area contributed by atoms with Crippen molar-refractivity contribution in [2.24, 2.45) is 11.7 Å². The fourth-order valence-corrected chi connectivity index (χ4v) is 1.18. The Morgan fingerprint density at radius 1 is 1.47 bits per heavy atom. The smallest absolute Gasteiger partial charge is 0.293 e. The van der Waals surface area contributed by atoms with Crippen LogP contribution in [0.4, 0.5) is 0 Å². The summed E-state index contributed by atoms with van der Waals surface area (Å²) in [5.74, 6) is 0.670. The van der Waals surface area contributed by atoms with Crippen molar-refractivity contribution in [3.63, 3.8) is 0 Å². The molecule has 90 valence electrons. The van der Waals surface area contributed by atoms with E-state index in [-0.39, 0.29) is 5.60 Å². The van der Waals surface area contributed by atoms with Crippen molar-refractivity contribution >= 4 is 6.47 Å². The summed E-state index contributed by atoms with van der Waals surface area (Å²) in [5.41, 5.74) is 5.42. The lowest BCUT2D eigenvalue weighted by atomic mass is 9.97. The molecule has 2 atom stereocenters. The van der Waals surface area contributed by atoms with Gasteiger partial charge in [0.1, 0.15) is 5.60 Å². The molecule has 1 aliphatic rings. The quantitative estimate of drug-likeness (QED) is 0.639. The standard InChI is InChI=1S/C6H14N2.C5H10O2/c1-5-4-8-3-2-6(5)7;1-5(2,3)7-4-6/h5-6,8H,2-4,7H2,1H3;4H,1-3H3. The number of carbonyl (C=O) groups is 1. The van der Waals surface area contributed by atoms with Crippen LogP contribution in [0, 0.1) is 5.92 Å². The van der Waals surface area contributed by atoms with Crippen LogP contribution in [0.2, 0.25) is 0 Å². The van der Waals surface area contributed by atoms with Crippen LogP contribution in [-0.2, 0) is 9.53 Å². The van der Waals surface area contributed by atoms with Gasteiger partial charge in [-0.15, -0.1) is 0 Å². The van der Waals surface area contributed by atoms with E-state index < -0.39 is 0 Å². The van der Waals surface area contributed by atoms with Gasteiger partial charge < -0.3 is 15.8 Å². The number of nitrogens with one attached hydrogen (secondary N) is 1. The molecule has 3 N–H and O–H groups in total. The van der Waals surface area contributed by atoms with Crippen LogP contribution in [0.1, 0.15) is 34.1 Å². The Hall–Kier alpha value is -0.610. The summed E-state index contributed by atoms with van der Waals surface area (Å²) in [7, 11) is 0. The molecule has 2 unspecified atom stereocenters. The van der Waals surface area contributed by atoms with Crippen molar-refractivity contribution in [2.75, 3.05) is 13.1 Å². The average Bonchev–Trinajstić information content (AvgIpc) is 2.09. The summed E-state index contributed by atoms with van der Waals surface area (Å²) in [6.45, 7) is 10.3. The maximum atomic E-state index is 9.60. The highest BCUT2D eigenvalue weighted by atomic mass is 16.5. The lowest BCUT2D eigenvalue weighted by molar-refractivity contribution is -0.138. The first kappa shape index (κ1) is 14.4. The van der Waals surface area contributed by atoms with Crippen molar-refractivity contribution in [3.8, 4) is 0 Å². The van der Waals surface area contributed by atoms with Gasteiger partial charge in [0.15, 0.2) is 0 Å². The van der Waals surface area contributed by atoms with Gasteiger partial charge >= 0.3 is 0 Å². The van der Waals surface area contributed by atoms with Crippen LogP contribution < -0.4 is 11.1 Å². The van der Waals surface area contributed by atoms with Crippen molar-refractivity contribution in [1.82, 2.24) is 5.32 Å². The molecule has 4 nitrogen and oxygen atoms in total. The van der Waals surface area contributed by atoms with Gasteiger partial charge in [-0.05, 0) is 46.2 Å². The zero-order valence-electron chi connectivity index (χ0n) is 10.2. The molecule has 15 heavy (non-hydrogen) atoms. The molecule has 1 saturated heterocycles. The maximum absolute atomic E-state index is 9.60. The van der Waals surface area contributed by atoms with Gasteiger partial charge in [-0.1, -0.05) is 6.92 Å². The monoisotopic (exact) mass is 216 g/mol. The Morgan fingerprint density at radius 2 is 2.07 bits per heavy atom. The number of hydrogen-bond acceptors (Lipinski definition) is 4. The van der Waals surface area contributed by atoms with E-state index in [1.165, 1.54) is 0 Å². The Bertz CT molecular complexity index is 168. The maximum Gasteiger partial charge on any atom is 0.293 e. The van der Waals surface area contributed by atoms with Gasteiger partial charge in [0, 0.05) is 6.04 Å². The van der Waals surface area contributed by atoms with Crippen molar-refractivity contribution < 1.29 is 9.53 Å². The largest absolute Gasteiger partial charge is 0.462 e. The number of ether oxygens (including phenoxy) is 1. The minimum Gasteiger partial charge on any atom is -0.462 e. The topological polar surface area (TPSA) is 64.3 Å². The number of piperidine rings is 1. The number of rotatable bonds is 1. The molecular formula is C11H24N2O2. The molecule has 0 aromatic heterocycles. The zero-order valence-corrected chi connectivity index (χ0v) is 10.2. The predicted molar refractivity (Wildman–Crippen MR) is 61.5 cm³/mol. The summed E-state index contributed by atoms with van der Waals surface area (Å²) >= 11 is 0. The van der Waals surface area contributed by atoms with Crippen LogP contribution in [-0.4, -0.2) is 31.2 Å². The molecule has 0 aromatic rings. The van der Waals surface area contributed by atoms with Gasteiger partial charge in [0.25, 0.3) is 6.47 Å². The average molecular weight is 216 g/mol. The van der Waals surface area contributed by atoms with E-state index in [1.54, 1.807) is 0 Å². The third kappa shape index (κ3) is 8.39. The first-order valence-electron chi connectivity index (χ1n) is 5.44. The second-order valence-corrected chi connectivity index (χ2v) is 4.96. The molecule has 0 saturated carbocycles. The Balaban J connectivity index is 0.000000265. The molecule has 0 aliphatic carbocycles. The Labute approximate surface area is 92.6 Å². The fourth-order valence-electron chi connectivity index (χ4n) is 1.18. The predicted octanol–water partition coefficient (Wildman–Crippen LogP) is 0.901. The molecule has 1 rings (SSSR count). The number of nitrogens with two attached hydrogens (primary N) is 1. The second kappa shape index (κ2) is 6.80. The summed E-state index contributed by atoms with van der Waals surface area (Å²) in [6.07, 6.45) is 1.14. The van der Waals surface area contributed by atoms with E-state index in [0.717, 1.165) is 19.5 Å². The molecule has 1 aliphatic heterocycles. The molecule has 1 heterocycles. The third-order valence-electron chi connectivity index (χ3n) is 2.25. The highest BCUT2D eigenvalue weighted by Crippen LogP contribution is 2.06.